The van der Waals surface area contributed by atoms with E-state index in [-0.39, 0.29) is 17.4 Å². The number of para-hydroxylation sites is 1. The minimum Gasteiger partial charge on any atom is -0.493 e. The van der Waals surface area contributed by atoms with Crippen molar-refractivity contribution in [2.45, 2.75) is 51.2 Å². The molecule has 0 bridgehead atoms. The predicted octanol–water partition coefficient (Wildman–Crippen LogP) is 2.41. The van der Waals surface area contributed by atoms with Crippen LogP contribution >= 0.6 is 0 Å². The molecule has 1 atom stereocenters. The van der Waals surface area contributed by atoms with E-state index in [0.717, 1.165) is 25.7 Å². The molecule has 8 nitrogen and oxygen atoms in total. The van der Waals surface area contributed by atoms with Crippen LogP contribution in [0.2, 0.25) is 0 Å². The van der Waals surface area contributed by atoms with Crippen molar-refractivity contribution in [3.05, 3.63) is 23.8 Å². The highest BCUT2D eigenvalue weighted by Gasteiger charge is 2.25. The summed E-state index contributed by atoms with van der Waals surface area (Å²) in [7, 11) is 2.86. The fourth-order valence-electron chi connectivity index (χ4n) is 3.01. The number of carbonyl (C=O) groups excluding carboxylic acids is 3. The van der Waals surface area contributed by atoms with Gasteiger partial charge in [0, 0.05) is 6.04 Å². The fraction of sp³-hybridized carbons (Fsp3) is 0.526. The van der Waals surface area contributed by atoms with Gasteiger partial charge < -0.3 is 19.5 Å². The number of amides is 3. The van der Waals surface area contributed by atoms with Crippen LogP contribution in [0.5, 0.6) is 11.5 Å². The van der Waals surface area contributed by atoms with Crippen LogP contribution in [0.3, 0.4) is 0 Å². The molecule has 2 N–H and O–H groups in total. The summed E-state index contributed by atoms with van der Waals surface area (Å²) in [6.45, 7) is 1.40. The van der Waals surface area contributed by atoms with Gasteiger partial charge in [-0.05, 0) is 31.9 Å². The van der Waals surface area contributed by atoms with E-state index in [9.17, 15) is 14.4 Å². The maximum Gasteiger partial charge on any atom is 0.342 e. The smallest absolute Gasteiger partial charge is 0.342 e. The van der Waals surface area contributed by atoms with Crippen molar-refractivity contribution in [3.63, 3.8) is 0 Å². The van der Waals surface area contributed by atoms with Crippen LogP contribution in [-0.4, -0.2) is 44.3 Å². The lowest BCUT2D eigenvalue weighted by atomic mass is 9.96. The number of urea groups is 1. The normalized spacial score (nSPS) is 15.4. The minimum absolute atomic E-state index is 0.0745. The molecule has 1 aliphatic rings. The third kappa shape index (κ3) is 5.60. The van der Waals surface area contributed by atoms with E-state index >= 15 is 0 Å². The highest BCUT2D eigenvalue weighted by molar-refractivity contribution is 5.99. The molecular formula is C19H26N2O6. The molecule has 0 radical (unpaired) electrons. The monoisotopic (exact) mass is 378 g/mol. The summed E-state index contributed by atoms with van der Waals surface area (Å²) in [4.78, 5) is 36.5. The molecular weight excluding hydrogens is 352 g/mol. The number of carbonyl (C=O) groups is 3. The Morgan fingerprint density at radius 3 is 2.41 bits per heavy atom. The van der Waals surface area contributed by atoms with E-state index in [1.165, 1.54) is 33.6 Å². The van der Waals surface area contributed by atoms with Crippen molar-refractivity contribution in [1.29, 1.82) is 0 Å². The first kappa shape index (κ1) is 20.5. The van der Waals surface area contributed by atoms with Crippen LogP contribution < -0.4 is 20.1 Å². The number of hydrogen-bond donors (Lipinski definition) is 2. The summed E-state index contributed by atoms with van der Waals surface area (Å²) in [6, 6.07) is 4.25. The van der Waals surface area contributed by atoms with Gasteiger partial charge in [0.05, 0.1) is 14.2 Å². The molecule has 8 heteroatoms. The van der Waals surface area contributed by atoms with Crippen molar-refractivity contribution < 1.29 is 28.6 Å². The quantitative estimate of drug-likeness (QED) is 0.737. The van der Waals surface area contributed by atoms with Crippen molar-refractivity contribution in [2.24, 2.45) is 0 Å². The molecule has 1 aromatic rings. The molecule has 1 saturated carbocycles. The zero-order chi connectivity index (χ0) is 19.8. The molecule has 0 saturated heterocycles. The van der Waals surface area contributed by atoms with Gasteiger partial charge in [0.15, 0.2) is 17.6 Å². The van der Waals surface area contributed by atoms with E-state index in [1.54, 1.807) is 12.1 Å². The SMILES string of the molecule is COc1cccc(C(=O)O[C@H](C)C(=O)NC(=O)NC2CCCCC2)c1OC. The predicted molar refractivity (Wildman–Crippen MR) is 98.0 cm³/mol. The molecule has 148 valence electrons. The summed E-state index contributed by atoms with van der Waals surface area (Å²) >= 11 is 0. The zero-order valence-corrected chi connectivity index (χ0v) is 15.9. The molecule has 1 aromatic carbocycles. The van der Waals surface area contributed by atoms with Gasteiger partial charge in [-0.2, -0.15) is 0 Å². The van der Waals surface area contributed by atoms with Crippen molar-refractivity contribution in [2.75, 3.05) is 14.2 Å². The summed E-state index contributed by atoms with van der Waals surface area (Å²) < 4.78 is 15.5. The van der Waals surface area contributed by atoms with E-state index in [1.807, 2.05) is 0 Å². The summed E-state index contributed by atoms with van der Waals surface area (Å²) in [5, 5.41) is 4.99. The van der Waals surface area contributed by atoms with Crippen molar-refractivity contribution in [1.82, 2.24) is 10.6 Å². The Morgan fingerprint density at radius 1 is 1.07 bits per heavy atom. The minimum atomic E-state index is -1.15. The van der Waals surface area contributed by atoms with Crippen molar-refractivity contribution >= 4 is 17.9 Å². The second-order valence-electron chi connectivity index (χ2n) is 6.39. The van der Waals surface area contributed by atoms with Crippen LogP contribution in [0.4, 0.5) is 4.79 Å². The topological polar surface area (TPSA) is 103 Å². The Balaban J connectivity index is 1.91. The third-order valence-corrected chi connectivity index (χ3v) is 4.45. The standard InChI is InChI=1S/C19H26N2O6/c1-12(17(22)21-19(24)20-13-8-5-4-6-9-13)27-18(23)14-10-7-11-15(25-2)16(14)26-3/h7,10-13H,4-6,8-9H2,1-3H3,(H2,20,21,22,24)/t12-/m1/s1. The average Bonchev–Trinajstić information content (AvgIpc) is 2.67. The second-order valence-corrected chi connectivity index (χ2v) is 6.39. The van der Waals surface area contributed by atoms with Gasteiger partial charge >= 0.3 is 12.0 Å². The molecule has 0 aliphatic heterocycles. The Morgan fingerprint density at radius 2 is 1.78 bits per heavy atom. The van der Waals surface area contributed by atoms with Crippen LogP contribution in [0.25, 0.3) is 0 Å². The molecule has 0 unspecified atom stereocenters. The molecule has 0 aromatic heterocycles. The van der Waals surface area contributed by atoms with Gasteiger partial charge in [-0.15, -0.1) is 0 Å². The molecule has 0 heterocycles. The molecule has 3 amide bonds. The number of imide groups is 1. The summed E-state index contributed by atoms with van der Waals surface area (Å²) in [5.74, 6) is -0.858. The van der Waals surface area contributed by atoms with Gasteiger partial charge in [0.25, 0.3) is 5.91 Å². The molecule has 1 aliphatic carbocycles. The van der Waals surface area contributed by atoms with Gasteiger partial charge in [0.2, 0.25) is 0 Å². The van der Waals surface area contributed by atoms with Crippen LogP contribution in [0.15, 0.2) is 18.2 Å². The van der Waals surface area contributed by atoms with Gasteiger partial charge in [-0.1, -0.05) is 25.3 Å². The third-order valence-electron chi connectivity index (χ3n) is 4.45. The average molecular weight is 378 g/mol. The molecule has 0 spiro atoms. The molecule has 27 heavy (non-hydrogen) atoms. The first-order valence-electron chi connectivity index (χ1n) is 8.99. The number of benzene rings is 1. The first-order valence-corrected chi connectivity index (χ1v) is 8.99. The first-order chi connectivity index (χ1) is 13.0. The maximum absolute atomic E-state index is 12.4. The lowest BCUT2D eigenvalue weighted by Gasteiger charge is -2.23. The molecule has 2 rings (SSSR count). The lowest BCUT2D eigenvalue weighted by Crippen LogP contribution is -2.48. The van der Waals surface area contributed by atoms with Crippen molar-refractivity contribution in [3.8, 4) is 11.5 Å². The number of hydrogen-bond acceptors (Lipinski definition) is 6. The number of methoxy groups -OCH3 is 2. The summed E-state index contributed by atoms with van der Waals surface area (Å²) in [6.07, 6.45) is 3.96. The van der Waals surface area contributed by atoms with Gasteiger partial charge in [-0.25, -0.2) is 9.59 Å². The van der Waals surface area contributed by atoms with Gasteiger partial charge in [0.1, 0.15) is 5.56 Å². The van der Waals surface area contributed by atoms with Gasteiger partial charge in [-0.3, -0.25) is 10.1 Å². The fourth-order valence-corrected chi connectivity index (χ4v) is 3.01. The second kappa shape index (κ2) is 9.80. The maximum atomic E-state index is 12.4. The highest BCUT2D eigenvalue weighted by Crippen LogP contribution is 2.31. The molecule has 1 fully saturated rings. The Labute approximate surface area is 158 Å². The van der Waals surface area contributed by atoms with E-state index < -0.39 is 24.0 Å². The largest absolute Gasteiger partial charge is 0.493 e. The van der Waals surface area contributed by atoms with E-state index in [0.29, 0.717) is 5.75 Å². The number of nitrogens with one attached hydrogen (secondary N) is 2. The Kier molecular flexibility index (Phi) is 7.45. The van der Waals surface area contributed by atoms with Crippen LogP contribution in [0.1, 0.15) is 49.4 Å². The zero-order valence-electron chi connectivity index (χ0n) is 15.9. The summed E-state index contributed by atoms with van der Waals surface area (Å²) in [5.41, 5.74) is 0.128. The number of esters is 1. The van der Waals surface area contributed by atoms with Crippen LogP contribution in [0, 0.1) is 0 Å². The van der Waals surface area contributed by atoms with Crippen LogP contribution in [-0.2, 0) is 9.53 Å². The van der Waals surface area contributed by atoms with E-state index in [2.05, 4.69) is 10.6 Å². The lowest BCUT2D eigenvalue weighted by molar-refractivity contribution is -0.127. The Hall–Kier alpha value is -2.77. The number of rotatable bonds is 6. The highest BCUT2D eigenvalue weighted by atomic mass is 16.6. The van der Waals surface area contributed by atoms with E-state index in [4.69, 9.17) is 14.2 Å². The Bertz CT molecular complexity index is 685. The number of ether oxygens (including phenoxy) is 3.